The van der Waals surface area contributed by atoms with Crippen LogP contribution in [0.25, 0.3) is 28.4 Å². The van der Waals surface area contributed by atoms with Gasteiger partial charge in [0, 0.05) is 28.6 Å². The summed E-state index contributed by atoms with van der Waals surface area (Å²) in [6, 6.07) is 2.80. The van der Waals surface area contributed by atoms with E-state index in [0.29, 0.717) is 28.1 Å². The molecule has 0 radical (unpaired) electrons. The van der Waals surface area contributed by atoms with Crippen molar-refractivity contribution in [1.29, 1.82) is 5.26 Å². The maximum absolute atomic E-state index is 10.0. The summed E-state index contributed by atoms with van der Waals surface area (Å²) in [6.45, 7) is 8.02. The van der Waals surface area contributed by atoms with E-state index in [9.17, 15) is 5.26 Å². The first-order valence-electron chi connectivity index (χ1n) is 16.9. The van der Waals surface area contributed by atoms with E-state index in [0.717, 1.165) is 110 Å². The highest BCUT2D eigenvalue weighted by atomic mass is 32.1. The predicted octanol–water partition coefficient (Wildman–Crippen LogP) is 6.21. The molecule has 2 atom stereocenters. The quantitative estimate of drug-likeness (QED) is 0.220. The first kappa shape index (κ1) is 30.6. The first-order valence-corrected chi connectivity index (χ1v) is 17.7. The number of hydrogen-bond acceptors (Lipinski definition) is 10. The molecule has 46 heavy (non-hydrogen) atoms. The maximum atomic E-state index is 10.0. The van der Waals surface area contributed by atoms with Gasteiger partial charge < -0.3 is 15.2 Å². The van der Waals surface area contributed by atoms with Crippen LogP contribution < -0.4 is 5.73 Å². The summed E-state index contributed by atoms with van der Waals surface area (Å²) < 4.78 is 10.1. The molecule has 12 heteroatoms. The number of nitriles is 1. The van der Waals surface area contributed by atoms with Gasteiger partial charge in [0.2, 0.25) is 0 Å². The van der Waals surface area contributed by atoms with E-state index in [2.05, 4.69) is 36.3 Å². The van der Waals surface area contributed by atoms with Crippen molar-refractivity contribution in [2.24, 2.45) is 0 Å². The van der Waals surface area contributed by atoms with Gasteiger partial charge in [-0.05, 0) is 82.5 Å². The van der Waals surface area contributed by atoms with E-state index in [4.69, 9.17) is 30.4 Å². The van der Waals surface area contributed by atoms with Crippen LogP contribution in [0, 0.1) is 11.3 Å². The Morgan fingerprint density at radius 2 is 2.00 bits per heavy atom. The molecule has 1 saturated heterocycles. The van der Waals surface area contributed by atoms with Crippen LogP contribution in [0.3, 0.4) is 0 Å². The molecule has 1 aliphatic heterocycles. The lowest BCUT2D eigenvalue weighted by Crippen LogP contribution is -2.29. The third-order valence-electron chi connectivity index (χ3n) is 9.74. The maximum Gasteiger partial charge on any atom is 0.186 e. The Morgan fingerprint density at radius 3 is 2.76 bits per heavy atom. The molecule has 1 fully saturated rings. The van der Waals surface area contributed by atoms with Crippen LogP contribution in [0.15, 0.2) is 16.9 Å². The molecule has 5 aromatic rings. The fraction of sp³-hybridized carbons (Fsp3) is 0.529. The van der Waals surface area contributed by atoms with E-state index >= 15 is 0 Å². The van der Waals surface area contributed by atoms with Crippen LogP contribution in [-0.4, -0.2) is 59.2 Å². The molecule has 6 heterocycles. The molecule has 0 spiro atoms. The standard InChI is InChI=1S/C32H36N10OS.C2H6/c1-3-7-25-26(22(14-33)29(34)44-25)20-10-5-11-21-27(39-43-28(20)21)30-36-31-23(15-35-41(31)17-19-9-6-13-40(19)2)32(37-30)42-16-18-8-4-12-24(18)38-42;1-2/h15-16,19-20H,3-13,17,34H2,1-2H3;1-2H3. The highest BCUT2D eigenvalue weighted by Gasteiger charge is 2.35. The number of nitrogen functional groups attached to an aromatic ring is 1. The molecule has 2 N–H and O–H groups in total. The second kappa shape index (κ2) is 12.6. The smallest absolute Gasteiger partial charge is 0.186 e. The molecule has 0 aromatic carbocycles. The van der Waals surface area contributed by atoms with Crippen molar-refractivity contribution in [3.8, 4) is 23.4 Å². The molecular weight excluding hydrogens is 597 g/mol. The molecule has 5 aromatic heterocycles. The van der Waals surface area contributed by atoms with E-state index < -0.39 is 0 Å². The van der Waals surface area contributed by atoms with Gasteiger partial charge in [0.25, 0.3) is 0 Å². The van der Waals surface area contributed by atoms with Gasteiger partial charge in [0.1, 0.15) is 16.8 Å². The van der Waals surface area contributed by atoms with Crippen molar-refractivity contribution in [1.82, 2.24) is 39.6 Å². The largest absolute Gasteiger partial charge is 0.389 e. The molecule has 8 rings (SSSR count). The number of likely N-dealkylation sites (tertiary alicyclic amines) is 1. The Bertz CT molecular complexity index is 1900. The summed E-state index contributed by atoms with van der Waals surface area (Å²) in [6.07, 6.45) is 14.0. The summed E-state index contributed by atoms with van der Waals surface area (Å²) in [5.41, 5.74) is 12.8. The summed E-state index contributed by atoms with van der Waals surface area (Å²) in [4.78, 5) is 13.8. The van der Waals surface area contributed by atoms with Crippen LogP contribution in [0.4, 0.5) is 5.00 Å². The molecule has 11 nitrogen and oxygen atoms in total. The SMILES string of the molecule is CC.CCCc1sc(N)c(C#N)c1C1CCCc2c(-c3nc(-n4cc5c(n4)CCC5)c4cnn(CC5CCCN5C)c4n3)noc21. The number of aryl methyl sites for hydroxylation is 3. The molecule has 240 valence electrons. The number of aromatic nitrogens is 7. The first-order chi connectivity index (χ1) is 22.5. The minimum Gasteiger partial charge on any atom is -0.389 e. The van der Waals surface area contributed by atoms with E-state index in [1.54, 1.807) is 0 Å². The minimum atomic E-state index is -0.0644. The number of hydrogen-bond donors (Lipinski definition) is 1. The van der Waals surface area contributed by atoms with E-state index in [1.807, 2.05) is 29.4 Å². The fourth-order valence-corrected chi connectivity index (χ4v) is 8.68. The van der Waals surface area contributed by atoms with Crippen LogP contribution in [-0.2, 0) is 32.2 Å². The number of thiophene rings is 1. The normalized spacial score (nSPS) is 19.2. The number of anilines is 1. The second-order valence-corrected chi connectivity index (χ2v) is 13.6. The third kappa shape index (κ3) is 5.10. The van der Waals surface area contributed by atoms with Crippen LogP contribution in [0.1, 0.15) is 104 Å². The number of nitrogens with zero attached hydrogens (tertiary/aromatic N) is 9. The second-order valence-electron chi connectivity index (χ2n) is 12.5. The summed E-state index contributed by atoms with van der Waals surface area (Å²) in [5, 5.41) is 25.9. The highest BCUT2D eigenvalue weighted by Crippen LogP contribution is 2.46. The Morgan fingerprint density at radius 1 is 1.13 bits per heavy atom. The molecule has 0 saturated carbocycles. The molecule has 0 bridgehead atoms. The van der Waals surface area contributed by atoms with Gasteiger partial charge >= 0.3 is 0 Å². The van der Waals surface area contributed by atoms with Crippen molar-refractivity contribution in [3.63, 3.8) is 0 Å². The summed E-state index contributed by atoms with van der Waals surface area (Å²) in [5.74, 6) is 1.99. The average molecular weight is 639 g/mol. The van der Waals surface area contributed by atoms with E-state index in [1.165, 1.54) is 28.2 Å². The number of likely N-dealkylation sites (N-methyl/N-ethyl adjacent to an activating group) is 1. The van der Waals surface area contributed by atoms with Gasteiger partial charge in [-0.2, -0.15) is 15.5 Å². The number of nitrogens with two attached hydrogens (primary N) is 1. The van der Waals surface area contributed by atoms with Gasteiger partial charge in [0.15, 0.2) is 23.0 Å². The summed E-state index contributed by atoms with van der Waals surface area (Å²) in [7, 11) is 2.18. The molecule has 3 aliphatic rings. The predicted molar refractivity (Wildman–Crippen MR) is 179 cm³/mol. The molecule has 0 amide bonds. The van der Waals surface area contributed by atoms with Crippen molar-refractivity contribution in [2.45, 2.75) is 103 Å². The van der Waals surface area contributed by atoms with Gasteiger partial charge in [-0.3, -0.25) is 0 Å². The van der Waals surface area contributed by atoms with Crippen molar-refractivity contribution in [2.75, 3.05) is 19.3 Å². The number of fused-ring (bicyclic) bond motifs is 3. The molecular formula is C34H42N10OS. The van der Waals surface area contributed by atoms with Gasteiger partial charge in [0.05, 0.1) is 29.4 Å². The summed E-state index contributed by atoms with van der Waals surface area (Å²) >= 11 is 1.53. The fourth-order valence-electron chi connectivity index (χ4n) is 7.49. The Hall–Kier alpha value is -4.08. The van der Waals surface area contributed by atoms with Gasteiger partial charge in [-0.1, -0.05) is 32.3 Å². The van der Waals surface area contributed by atoms with Crippen molar-refractivity contribution in [3.05, 3.63) is 51.0 Å². The zero-order chi connectivity index (χ0) is 31.9. The lowest BCUT2D eigenvalue weighted by atomic mass is 9.81. The topological polar surface area (TPSA) is 140 Å². The monoisotopic (exact) mass is 638 g/mol. The molecule has 2 aliphatic carbocycles. The zero-order valence-corrected chi connectivity index (χ0v) is 28.0. The zero-order valence-electron chi connectivity index (χ0n) is 27.2. The Labute approximate surface area is 273 Å². The van der Waals surface area contributed by atoms with Gasteiger partial charge in [-0.25, -0.2) is 19.3 Å². The minimum absolute atomic E-state index is 0.0644. The van der Waals surface area contributed by atoms with E-state index in [-0.39, 0.29) is 5.92 Å². The molecule has 2 unspecified atom stereocenters. The average Bonchev–Trinajstić information content (AvgIpc) is 3.91. The van der Waals surface area contributed by atoms with Crippen LogP contribution >= 0.6 is 11.3 Å². The Kier molecular flexibility index (Phi) is 8.38. The van der Waals surface area contributed by atoms with Crippen molar-refractivity contribution >= 4 is 27.4 Å². The van der Waals surface area contributed by atoms with Crippen LogP contribution in [0.2, 0.25) is 0 Å². The third-order valence-corrected chi connectivity index (χ3v) is 10.8. The number of rotatable bonds is 7. The van der Waals surface area contributed by atoms with Crippen LogP contribution in [0.5, 0.6) is 0 Å². The van der Waals surface area contributed by atoms with Gasteiger partial charge in [-0.15, -0.1) is 11.3 Å². The lowest BCUT2D eigenvalue weighted by molar-refractivity contribution is 0.276. The highest BCUT2D eigenvalue weighted by molar-refractivity contribution is 7.16. The Balaban J connectivity index is 0.00000166. The van der Waals surface area contributed by atoms with Crippen molar-refractivity contribution < 1.29 is 4.52 Å². The lowest BCUT2D eigenvalue weighted by Gasteiger charge is -2.22.